The molecule has 0 bridgehead atoms. The van der Waals surface area contributed by atoms with Crippen molar-refractivity contribution in [2.75, 3.05) is 17.6 Å². The van der Waals surface area contributed by atoms with Gasteiger partial charge in [0.25, 0.3) is 5.91 Å². The van der Waals surface area contributed by atoms with Crippen molar-refractivity contribution < 1.29 is 9.59 Å². The second-order valence-electron chi connectivity index (χ2n) is 5.16. The average Bonchev–Trinajstić information content (AvgIpc) is 2.98. The molecule has 0 radical (unpaired) electrons. The zero-order chi connectivity index (χ0) is 16.2. The van der Waals surface area contributed by atoms with Gasteiger partial charge in [-0.2, -0.15) is 5.10 Å². The van der Waals surface area contributed by atoms with Crippen LogP contribution in [0.5, 0.6) is 0 Å². The summed E-state index contributed by atoms with van der Waals surface area (Å²) >= 11 is 1.29. The number of para-hydroxylation sites is 1. The monoisotopic (exact) mass is 331 g/mol. The number of anilines is 1. The second-order valence-corrected chi connectivity index (χ2v) is 6.18. The Balaban J connectivity index is 1.78. The van der Waals surface area contributed by atoms with Gasteiger partial charge < -0.3 is 16.4 Å². The van der Waals surface area contributed by atoms with Gasteiger partial charge in [0.2, 0.25) is 5.91 Å². The summed E-state index contributed by atoms with van der Waals surface area (Å²) in [4.78, 5) is 24.3. The minimum Gasteiger partial charge on any atom is -0.369 e. The molecule has 120 valence electrons. The molecule has 7 nitrogen and oxygen atoms in total. The van der Waals surface area contributed by atoms with Gasteiger partial charge >= 0.3 is 0 Å². The number of primary amides is 1. The Morgan fingerprint density at radius 3 is 3.00 bits per heavy atom. The maximum atomic E-state index is 12.5. The normalized spacial score (nSPS) is 13.4. The Hall–Kier alpha value is -2.32. The topological polar surface area (TPSA) is 113 Å². The molecule has 2 aromatic rings. The fraction of sp³-hybridized carbons (Fsp3) is 0.267. The second kappa shape index (κ2) is 6.84. The van der Waals surface area contributed by atoms with E-state index in [4.69, 9.17) is 5.73 Å². The fourth-order valence-corrected chi connectivity index (χ4v) is 3.19. The first-order valence-electron chi connectivity index (χ1n) is 7.23. The number of nitrogens with one attached hydrogen (secondary N) is 3. The molecule has 23 heavy (non-hydrogen) atoms. The Morgan fingerprint density at radius 1 is 1.35 bits per heavy atom. The number of thioether (sulfide) groups is 1. The van der Waals surface area contributed by atoms with Crippen molar-refractivity contribution in [1.29, 1.82) is 0 Å². The Morgan fingerprint density at radius 2 is 2.17 bits per heavy atom. The molecule has 0 unspecified atom stereocenters. The van der Waals surface area contributed by atoms with Crippen LogP contribution in [0.3, 0.4) is 0 Å². The maximum absolute atomic E-state index is 12.5. The van der Waals surface area contributed by atoms with E-state index in [0.717, 1.165) is 29.1 Å². The molecule has 8 heteroatoms. The minimum absolute atomic E-state index is 0.161. The fourth-order valence-electron chi connectivity index (χ4n) is 2.44. The van der Waals surface area contributed by atoms with Crippen molar-refractivity contribution >= 4 is 29.3 Å². The highest BCUT2D eigenvalue weighted by atomic mass is 32.2. The van der Waals surface area contributed by atoms with Gasteiger partial charge in [-0.25, -0.2) is 0 Å². The SMILES string of the molecule is NC(=O)CSc1ccccc1NC(=O)c1n[nH]c2c1CNCC2. The van der Waals surface area contributed by atoms with E-state index in [9.17, 15) is 9.59 Å². The number of carbonyl (C=O) groups excluding carboxylic acids is 2. The van der Waals surface area contributed by atoms with Gasteiger partial charge in [0.1, 0.15) is 0 Å². The maximum Gasteiger partial charge on any atom is 0.276 e. The summed E-state index contributed by atoms with van der Waals surface area (Å²) in [6.07, 6.45) is 0.834. The summed E-state index contributed by atoms with van der Waals surface area (Å²) < 4.78 is 0. The molecular weight excluding hydrogens is 314 g/mol. The number of nitrogens with zero attached hydrogens (tertiary/aromatic N) is 1. The molecule has 2 amide bonds. The molecule has 0 saturated heterocycles. The quantitative estimate of drug-likeness (QED) is 0.608. The van der Waals surface area contributed by atoms with E-state index in [1.165, 1.54) is 11.8 Å². The first-order chi connectivity index (χ1) is 11.1. The molecule has 1 aromatic heterocycles. The molecule has 1 aromatic carbocycles. The van der Waals surface area contributed by atoms with Crippen LogP contribution < -0.4 is 16.4 Å². The van der Waals surface area contributed by atoms with Gasteiger partial charge in [-0.05, 0) is 12.1 Å². The zero-order valence-electron chi connectivity index (χ0n) is 12.4. The summed E-state index contributed by atoms with van der Waals surface area (Å²) in [5.41, 5.74) is 8.14. The van der Waals surface area contributed by atoms with Crippen molar-refractivity contribution in [3.05, 3.63) is 41.2 Å². The largest absolute Gasteiger partial charge is 0.369 e. The number of hydrogen-bond acceptors (Lipinski definition) is 5. The molecule has 0 fully saturated rings. The number of H-pyrrole nitrogens is 1. The Kier molecular flexibility index (Phi) is 4.63. The first-order valence-corrected chi connectivity index (χ1v) is 8.22. The highest BCUT2D eigenvalue weighted by molar-refractivity contribution is 8.00. The molecule has 3 rings (SSSR count). The van der Waals surface area contributed by atoms with Gasteiger partial charge in [-0.3, -0.25) is 14.7 Å². The molecule has 1 aliphatic rings. The zero-order valence-corrected chi connectivity index (χ0v) is 13.2. The third-order valence-corrected chi connectivity index (χ3v) is 4.62. The number of hydrogen-bond donors (Lipinski definition) is 4. The van der Waals surface area contributed by atoms with Crippen molar-refractivity contribution in [1.82, 2.24) is 15.5 Å². The number of aromatic nitrogens is 2. The van der Waals surface area contributed by atoms with Gasteiger partial charge in [-0.15, -0.1) is 11.8 Å². The number of fused-ring (bicyclic) bond motifs is 1. The molecule has 0 atom stereocenters. The highest BCUT2D eigenvalue weighted by Gasteiger charge is 2.22. The molecule has 0 aliphatic carbocycles. The predicted molar refractivity (Wildman–Crippen MR) is 88.3 cm³/mol. The Bertz CT molecular complexity index is 743. The molecule has 0 spiro atoms. The van der Waals surface area contributed by atoms with E-state index in [-0.39, 0.29) is 11.7 Å². The van der Waals surface area contributed by atoms with Crippen LogP contribution in [0.4, 0.5) is 5.69 Å². The summed E-state index contributed by atoms with van der Waals surface area (Å²) in [7, 11) is 0. The van der Waals surface area contributed by atoms with E-state index < -0.39 is 5.91 Å². The minimum atomic E-state index is -0.399. The van der Waals surface area contributed by atoms with Gasteiger partial charge in [0, 0.05) is 35.7 Å². The standard InChI is InChI=1S/C15H17N5O2S/c16-13(21)8-23-12-4-2-1-3-11(12)18-15(22)14-9-7-17-6-5-10(9)19-20-14/h1-4,17H,5-8H2,(H2,16,21)(H,18,22)(H,19,20). The lowest BCUT2D eigenvalue weighted by Crippen LogP contribution is -2.25. The smallest absolute Gasteiger partial charge is 0.276 e. The van der Waals surface area contributed by atoms with Crippen molar-refractivity contribution in [2.45, 2.75) is 17.9 Å². The van der Waals surface area contributed by atoms with Crippen LogP contribution in [0.25, 0.3) is 0 Å². The van der Waals surface area contributed by atoms with Crippen molar-refractivity contribution in [3.63, 3.8) is 0 Å². The van der Waals surface area contributed by atoms with Crippen LogP contribution in [0, 0.1) is 0 Å². The lowest BCUT2D eigenvalue weighted by molar-refractivity contribution is -0.115. The van der Waals surface area contributed by atoms with Gasteiger partial charge in [0.15, 0.2) is 5.69 Å². The van der Waals surface area contributed by atoms with Crippen LogP contribution in [0.1, 0.15) is 21.7 Å². The van der Waals surface area contributed by atoms with Crippen LogP contribution in [0.15, 0.2) is 29.2 Å². The van der Waals surface area contributed by atoms with E-state index in [1.807, 2.05) is 18.2 Å². The summed E-state index contributed by atoms with van der Waals surface area (Å²) in [5.74, 6) is -0.504. The number of rotatable bonds is 5. The molecule has 0 saturated carbocycles. The van der Waals surface area contributed by atoms with E-state index >= 15 is 0 Å². The van der Waals surface area contributed by atoms with Crippen LogP contribution >= 0.6 is 11.8 Å². The first kappa shape index (κ1) is 15.6. The number of amides is 2. The van der Waals surface area contributed by atoms with E-state index in [1.54, 1.807) is 6.07 Å². The number of carbonyl (C=O) groups is 2. The van der Waals surface area contributed by atoms with Gasteiger partial charge in [-0.1, -0.05) is 12.1 Å². The lowest BCUT2D eigenvalue weighted by Gasteiger charge is -2.13. The van der Waals surface area contributed by atoms with E-state index in [0.29, 0.717) is 17.9 Å². The molecule has 1 aliphatic heterocycles. The van der Waals surface area contributed by atoms with Crippen molar-refractivity contribution in [3.8, 4) is 0 Å². The third kappa shape index (κ3) is 3.54. The van der Waals surface area contributed by atoms with Crippen LogP contribution in [-0.2, 0) is 17.8 Å². The predicted octanol–water partition coefficient (Wildman–Crippen LogP) is 0.885. The van der Waals surface area contributed by atoms with Gasteiger partial charge in [0.05, 0.1) is 11.4 Å². The molecular formula is C15H17N5O2S. The number of benzene rings is 1. The van der Waals surface area contributed by atoms with E-state index in [2.05, 4.69) is 20.8 Å². The van der Waals surface area contributed by atoms with Crippen LogP contribution in [-0.4, -0.2) is 34.3 Å². The average molecular weight is 331 g/mol. The summed E-state index contributed by atoms with van der Waals surface area (Å²) in [5, 5.41) is 13.2. The molecule has 5 N–H and O–H groups in total. The number of nitrogens with two attached hydrogens (primary N) is 1. The lowest BCUT2D eigenvalue weighted by atomic mass is 10.1. The number of aromatic amines is 1. The van der Waals surface area contributed by atoms with Crippen LogP contribution in [0.2, 0.25) is 0 Å². The Labute approximate surface area is 137 Å². The summed E-state index contributed by atoms with van der Waals surface area (Å²) in [6.45, 7) is 1.51. The van der Waals surface area contributed by atoms with Crippen molar-refractivity contribution in [2.24, 2.45) is 5.73 Å². The highest BCUT2D eigenvalue weighted by Crippen LogP contribution is 2.27. The third-order valence-electron chi connectivity index (χ3n) is 3.53. The molecule has 2 heterocycles. The summed E-state index contributed by atoms with van der Waals surface area (Å²) in [6, 6.07) is 7.30.